The van der Waals surface area contributed by atoms with Crippen molar-refractivity contribution in [3.8, 4) is 0 Å². The Bertz CT molecular complexity index is 1070. The van der Waals surface area contributed by atoms with Gasteiger partial charge in [-0.2, -0.15) is 0 Å². The average Bonchev–Trinajstić information content (AvgIpc) is 3.50. The highest BCUT2D eigenvalue weighted by atomic mass is 35.5. The maximum atomic E-state index is 13.6. The molecule has 1 aromatic carbocycles. The summed E-state index contributed by atoms with van der Waals surface area (Å²) in [6, 6.07) is 13.4. The molecule has 3 aromatic rings. The van der Waals surface area contributed by atoms with Crippen molar-refractivity contribution in [2.24, 2.45) is 5.92 Å². The Morgan fingerprint density at radius 1 is 0.935 bits per heavy atom. The van der Waals surface area contributed by atoms with Gasteiger partial charge in [-0.15, -0.1) is 22.7 Å². The van der Waals surface area contributed by atoms with Crippen LogP contribution in [0.3, 0.4) is 0 Å². The summed E-state index contributed by atoms with van der Waals surface area (Å²) >= 11 is 9.45. The van der Waals surface area contributed by atoms with Crippen molar-refractivity contribution in [3.63, 3.8) is 0 Å². The maximum absolute atomic E-state index is 13.6. The first kappa shape index (κ1) is 20.7. The van der Waals surface area contributed by atoms with E-state index in [2.05, 4.69) is 33.9 Å². The number of nitrogens with zero attached hydrogens (tertiary/aromatic N) is 2. The molecule has 2 aliphatic heterocycles. The van der Waals surface area contributed by atoms with Crippen molar-refractivity contribution in [2.45, 2.75) is 25.3 Å². The molecular formula is C24H23ClN2O2S2. The van der Waals surface area contributed by atoms with E-state index in [0.717, 1.165) is 13.0 Å². The van der Waals surface area contributed by atoms with Crippen molar-refractivity contribution in [3.05, 3.63) is 79.1 Å². The van der Waals surface area contributed by atoms with Gasteiger partial charge in [-0.05, 0) is 72.0 Å². The minimum Gasteiger partial charge on any atom is -0.339 e. The highest BCUT2D eigenvalue weighted by Gasteiger charge is 2.37. The number of hydrogen-bond acceptors (Lipinski definition) is 4. The van der Waals surface area contributed by atoms with Crippen LogP contribution < -0.4 is 0 Å². The van der Waals surface area contributed by atoms with E-state index in [4.69, 9.17) is 11.6 Å². The topological polar surface area (TPSA) is 40.6 Å². The lowest BCUT2D eigenvalue weighted by molar-refractivity contribution is -0.139. The molecule has 2 aromatic heterocycles. The fraction of sp³-hybridized carbons (Fsp3) is 0.333. The molecular weight excluding hydrogens is 448 g/mol. The van der Waals surface area contributed by atoms with Crippen molar-refractivity contribution in [1.29, 1.82) is 0 Å². The number of rotatable bonds is 3. The number of halogens is 1. The average molecular weight is 471 g/mol. The molecule has 0 bridgehead atoms. The van der Waals surface area contributed by atoms with Gasteiger partial charge < -0.3 is 9.80 Å². The second-order valence-corrected chi connectivity index (χ2v) is 10.5. The predicted octanol–water partition coefficient (Wildman–Crippen LogP) is 5.49. The molecule has 1 fully saturated rings. The Morgan fingerprint density at radius 2 is 1.71 bits per heavy atom. The van der Waals surface area contributed by atoms with Crippen LogP contribution in [-0.4, -0.2) is 41.2 Å². The molecule has 1 unspecified atom stereocenters. The van der Waals surface area contributed by atoms with E-state index >= 15 is 0 Å². The zero-order chi connectivity index (χ0) is 21.4. The fourth-order valence-corrected chi connectivity index (χ4v) is 6.53. The summed E-state index contributed by atoms with van der Waals surface area (Å²) in [4.78, 5) is 32.9. The summed E-state index contributed by atoms with van der Waals surface area (Å²) in [6.07, 6.45) is 2.35. The first-order valence-corrected chi connectivity index (χ1v) is 12.7. The summed E-state index contributed by atoms with van der Waals surface area (Å²) in [7, 11) is 0. The van der Waals surface area contributed by atoms with E-state index in [0.29, 0.717) is 36.5 Å². The molecule has 1 saturated heterocycles. The van der Waals surface area contributed by atoms with E-state index in [1.54, 1.807) is 46.9 Å². The summed E-state index contributed by atoms with van der Waals surface area (Å²) in [5, 5.41) is 4.84. The SMILES string of the molecule is O=C(c1ccc(Cl)cc1)N1CCC(C(=O)N2CCc3sccc3C2c2cccs2)CC1. The maximum Gasteiger partial charge on any atom is 0.253 e. The van der Waals surface area contributed by atoms with E-state index in [1.807, 2.05) is 4.90 Å². The third-order valence-electron chi connectivity index (χ3n) is 6.28. The molecule has 0 saturated carbocycles. The molecule has 0 radical (unpaired) electrons. The van der Waals surface area contributed by atoms with E-state index in [9.17, 15) is 9.59 Å². The Hall–Kier alpha value is -2.15. The molecule has 4 heterocycles. The van der Waals surface area contributed by atoms with Crippen LogP contribution in [-0.2, 0) is 11.2 Å². The molecule has 7 heteroatoms. The normalized spacial score (nSPS) is 19.3. The number of fused-ring (bicyclic) bond motifs is 1. The molecule has 2 amide bonds. The number of carbonyl (C=O) groups is 2. The molecule has 0 N–H and O–H groups in total. The Kier molecular flexibility index (Phi) is 5.87. The predicted molar refractivity (Wildman–Crippen MR) is 126 cm³/mol. The number of thiophene rings is 2. The molecule has 5 rings (SSSR count). The van der Waals surface area contributed by atoms with Crippen LogP contribution >= 0.6 is 34.3 Å². The van der Waals surface area contributed by atoms with Crippen molar-refractivity contribution in [2.75, 3.05) is 19.6 Å². The third-order valence-corrected chi connectivity index (χ3v) is 8.46. The first-order chi connectivity index (χ1) is 15.1. The fourth-order valence-electron chi connectivity index (χ4n) is 4.65. The molecule has 31 heavy (non-hydrogen) atoms. The van der Waals surface area contributed by atoms with Crippen LogP contribution in [0.15, 0.2) is 53.2 Å². The third kappa shape index (κ3) is 4.04. The summed E-state index contributed by atoms with van der Waals surface area (Å²) in [6.45, 7) is 1.98. The van der Waals surface area contributed by atoms with Gasteiger partial charge in [-0.1, -0.05) is 17.7 Å². The van der Waals surface area contributed by atoms with Crippen LogP contribution in [0.1, 0.15) is 44.6 Å². The molecule has 160 valence electrons. The molecule has 2 aliphatic rings. The second-order valence-electron chi connectivity index (χ2n) is 8.07. The van der Waals surface area contributed by atoms with E-state index in [-0.39, 0.29) is 23.8 Å². The van der Waals surface area contributed by atoms with Crippen LogP contribution in [0.2, 0.25) is 5.02 Å². The Morgan fingerprint density at radius 3 is 2.42 bits per heavy atom. The minimum atomic E-state index is -0.0306. The summed E-state index contributed by atoms with van der Waals surface area (Å²) < 4.78 is 0. The quantitative estimate of drug-likeness (QED) is 0.507. The number of benzene rings is 1. The van der Waals surface area contributed by atoms with Crippen LogP contribution in [0.4, 0.5) is 0 Å². The van der Waals surface area contributed by atoms with Gasteiger partial charge in [0.1, 0.15) is 0 Å². The minimum absolute atomic E-state index is 0.0138. The van der Waals surface area contributed by atoms with Gasteiger partial charge in [0.15, 0.2) is 0 Å². The standard InChI is InChI=1S/C24H23ClN2O2S2/c25-18-5-3-16(4-6-18)23(28)26-11-7-17(8-12-26)24(29)27-13-9-20-19(10-15-31-20)22(27)21-2-1-14-30-21/h1-6,10,14-15,17,22H,7-9,11-13H2. The van der Waals surface area contributed by atoms with Gasteiger partial charge in [0.05, 0.1) is 6.04 Å². The van der Waals surface area contributed by atoms with Crippen molar-refractivity contribution >= 4 is 46.1 Å². The lowest BCUT2D eigenvalue weighted by Crippen LogP contribution is -2.47. The van der Waals surface area contributed by atoms with Crippen LogP contribution in [0, 0.1) is 5.92 Å². The molecule has 1 atom stereocenters. The number of likely N-dealkylation sites (tertiary alicyclic amines) is 1. The lowest BCUT2D eigenvalue weighted by Gasteiger charge is -2.39. The number of carbonyl (C=O) groups excluding carboxylic acids is 2. The lowest BCUT2D eigenvalue weighted by atomic mass is 9.91. The second kappa shape index (κ2) is 8.77. The first-order valence-electron chi connectivity index (χ1n) is 10.6. The Balaban J connectivity index is 1.29. The van der Waals surface area contributed by atoms with Gasteiger partial charge in [0.25, 0.3) is 5.91 Å². The van der Waals surface area contributed by atoms with E-state index < -0.39 is 0 Å². The van der Waals surface area contributed by atoms with Gasteiger partial charge in [0, 0.05) is 45.9 Å². The zero-order valence-electron chi connectivity index (χ0n) is 17.0. The molecule has 0 spiro atoms. The van der Waals surface area contributed by atoms with Crippen molar-refractivity contribution in [1.82, 2.24) is 9.80 Å². The molecule has 4 nitrogen and oxygen atoms in total. The van der Waals surface area contributed by atoms with Crippen molar-refractivity contribution < 1.29 is 9.59 Å². The number of piperidine rings is 1. The highest BCUT2D eigenvalue weighted by molar-refractivity contribution is 7.10. The van der Waals surface area contributed by atoms with Gasteiger partial charge in [-0.25, -0.2) is 0 Å². The largest absolute Gasteiger partial charge is 0.339 e. The Labute approximate surface area is 195 Å². The van der Waals surface area contributed by atoms with Gasteiger partial charge >= 0.3 is 0 Å². The highest BCUT2D eigenvalue weighted by Crippen LogP contribution is 2.40. The van der Waals surface area contributed by atoms with Crippen LogP contribution in [0.25, 0.3) is 0 Å². The smallest absolute Gasteiger partial charge is 0.253 e. The number of amides is 2. The van der Waals surface area contributed by atoms with Gasteiger partial charge in [0.2, 0.25) is 5.91 Å². The molecule has 0 aliphatic carbocycles. The zero-order valence-corrected chi connectivity index (χ0v) is 19.4. The van der Waals surface area contributed by atoms with E-state index in [1.165, 1.54) is 15.3 Å². The summed E-state index contributed by atoms with van der Waals surface area (Å²) in [5.74, 6) is 0.214. The van der Waals surface area contributed by atoms with Crippen LogP contribution in [0.5, 0.6) is 0 Å². The number of hydrogen-bond donors (Lipinski definition) is 0. The summed E-state index contributed by atoms with van der Waals surface area (Å²) in [5.41, 5.74) is 1.93. The van der Waals surface area contributed by atoms with Gasteiger partial charge in [-0.3, -0.25) is 9.59 Å². The monoisotopic (exact) mass is 470 g/mol.